The van der Waals surface area contributed by atoms with E-state index in [2.05, 4.69) is 11.8 Å². The molecule has 0 heterocycles. The van der Waals surface area contributed by atoms with E-state index in [1.54, 1.807) is 0 Å². The first-order valence-electron chi connectivity index (χ1n) is 6.02. The first kappa shape index (κ1) is 14.7. The van der Waals surface area contributed by atoms with Crippen LogP contribution in [0.4, 0.5) is 0 Å². The predicted octanol–water partition coefficient (Wildman–Crippen LogP) is -0.217. The van der Waals surface area contributed by atoms with Gasteiger partial charge in [0.2, 0.25) is 0 Å². The zero-order valence-electron chi connectivity index (χ0n) is 10.5. The summed E-state index contributed by atoms with van der Waals surface area (Å²) in [7, 11) is 0. The van der Waals surface area contributed by atoms with Crippen molar-refractivity contribution in [3.8, 4) is 11.8 Å². The molecule has 0 saturated carbocycles. The molecule has 0 aliphatic carbocycles. The smallest absolute Gasteiger partial charge is 0.0558 e. The van der Waals surface area contributed by atoms with Crippen molar-refractivity contribution in [2.45, 2.75) is 6.54 Å². The molecule has 0 amide bonds. The highest BCUT2D eigenvalue weighted by Crippen LogP contribution is 2.06. The van der Waals surface area contributed by atoms with E-state index < -0.39 is 0 Å². The largest absolute Gasteiger partial charge is 0.395 e. The SMILES string of the molecule is NCC#Cc1ccc(CN(CCO)CCO)cc1. The zero-order valence-corrected chi connectivity index (χ0v) is 10.5. The van der Waals surface area contributed by atoms with Crippen molar-refractivity contribution in [2.75, 3.05) is 32.8 Å². The van der Waals surface area contributed by atoms with Crippen LogP contribution in [-0.2, 0) is 6.54 Å². The van der Waals surface area contributed by atoms with Crippen LogP contribution >= 0.6 is 0 Å². The standard InChI is InChI=1S/C14H20N2O2/c15-7-1-2-13-3-5-14(6-4-13)12-16(8-10-17)9-11-18/h3-6,17-18H,7-12,15H2. The monoisotopic (exact) mass is 248 g/mol. The molecule has 0 aliphatic rings. The minimum absolute atomic E-state index is 0.0973. The van der Waals surface area contributed by atoms with Gasteiger partial charge in [0.15, 0.2) is 0 Å². The van der Waals surface area contributed by atoms with Gasteiger partial charge in [0.05, 0.1) is 19.8 Å². The second-order valence-corrected chi connectivity index (χ2v) is 3.93. The summed E-state index contributed by atoms with van der Waals surface area (Å²) >= 11 is 0. The van der Waals surface area contributed by atoms with Crippen molar-refractivity contribution in [3.63, 3.8) is 0 Å². The number of aliphatic hydroxyl groups excluding tert-OH is 2. The number of hydrogen-bond donors (Lipinski definition) is 3. The summed E-state index contributed by atoms with van der Waals surface area (Å²) in [6.45, 7) is 2.40. The average Bonchev–Trinajstić information content (AvgIpc) is 2.38. The van der Waals surface area contributed by atoms with Crippen LogP contribution in [0.5, 0.6) is 0 Å². The summed E-state index contributed by atoms with van der Waals surface area (Å²) in [4.78, 5) is 2.00. The van der Waals surface area contributed by atoms with Crippen molar-refractivity contribution < 1.29 is 10.2 Å². The number of aliphatic hydroxyl groups is 2. The highest BCUT2D eigenvalue weighted by atomic mass is 16.3. The minimum atomic E-state index is 0.0973. The average molecular weight is 248 g/mol. The first-order valence-corrected chi connectivity index (χ1v) is 6.02. The van der Waals surface area contributed by atoms with Crippen LogP contribution in [0.1, 0.15) is 11.1 Å². The van der Waals surface area contributed by atoms with Crippen LogP contribution in [0, 0.1) is 11.8 Å². The lowest BCUT2D eigenvalue weighted by atomic mass is 10.1. The van der Waals surface area contributed by atoms with Gasteiger partial charge in [-0.15, -0.1) is 0 Å². The van der Waals surface area contributed by atoms with Crippen LogP contribution in [0.3, 0.4) is 0 Å². The highest BCUT2D eigenvalue weighted by Gasteiger charge is 2.04. The van der Waals surface area contributed by atoms with Crippen LogP contribution in [-0.4, -0.2) is 48.0 Å². The van der Waals surface area contributed by atoms with Gasteiger partial charge < -0.3 is 15.9 Å². The van der Waals surface area contributed by atoms with E-state index in [0.717, 1.165) is 11.1 Å². The summed E-state index contributed by atoms with van der Waals surface area (Å²) in [6.07, 6.45) is 0. The third kappa shape index (κ3) is 5.30. The molecular weight excluding hydrogens is 228 g/mol. The van der Waals surface area contributed by atoms with E-state index in [1.165, 1.54) is 0 Å². The number of hydrogen-bond acceptors (Lipinski definition) is 4. The summed E-state index contributed by atoms with van der Waals surface area (Å²) in [5.74, 6) is 5.77. The van der Waals surface area contributed by atoms with E-state index in [4.69, 9.17) is 15.9 Å². The summed E-state index contributed by atoms with van der Waals surface area (Å²) in [6, 6.07) is 7.91. The van der Waals surface area contributed by atoms with E-state index in [-0.39, 0.29) is 13.2 Å². The fourth-order valence-corrected chi connectivity index (χ4v) is 1.66. The Balaban J connectivity index is 2.60. The van der Waals surface area contributed by atoms with Gasteiger partial charge in [-0.25, -0.2) is 0 Å². The Labute approximate surface area is 108 Å². The Bertz CT molecular complexity index is 386. The summed E-state index contributed by atoms with van der Waals surface area (Å²) in [5, 5.41) is 17.9. The Hall–Kier alpha value is -1.38. The maximum absolute atomic E-state index is 8.93. The molecular formula is C14H20N2O2. The Kier molecular flexibility index (Phi) is 7.07. The topological polar surface area (TPSA) is 69.7 Å². The molecule has 98 valence electrons. The van der Waals surface area contributed by atoms with Crippen molar-refractivity contribution in [1.82, 2.24) is 4.90 Å². The van der Waals surface area contributed by atoms with Crippen molar-refractivity contribution >= 4 is 0 Å². The van der Waals surface area contributed by atoms with Crippen molar-refractivity contribution in [3.05, 3.63) is 35.4 Å². The lowest BCUT2D eigenvalue weighted by Gasteiger charge is -2.20. The van der Waals surface area contributed by atoms with Crippen LogP contribution < -0.4 is 5.73 Å². The molecule has 0 saturated heterocycles. The maximum Gasteiger partial charge on any atom is 0.0558 e. The quantitative estimate of drug-likeness (QED) is 0.609. The zero-order chi connectivity index (χ0) is 13.2. The van der Waals surface area contributed by atoms with Gasteiger partial charge in [-0.1, -0.05) is 24.0 Å². The molecule has 0 atom stereocenters. The van der Waals surface area contributed by atoms with Gasteiger partial charge in [-0.2, -0.15) is 0 Å². The Morgan fingerprint density at radius 1 is 1.06 bits per heavy atom. The molecule has 0 aromatic heterocycles. The van der Waals surface area contributed by atoms with Gasteiger partial charge >= 0.3 is 0 Å². The molecule has 0 radical (unpaired) electrons. The molecule has 1 aromatic carbocycles. The molecule has 18 heavy (non-hydrogen) atoms. The minimum Gasteiger partial charge on any atom is -0.395 e. The summed E-state index contributed by atoms with van der Waals surface area (Å²) in [5.41, 5.74) is 7.39. The molecule has 0 aliphatic heterocycles. The summed E-state index contributed by atoms with van der Waals surface area (Å²) < 4.78 is 0. The molecule has 1 aromatic rings. The second kappa shape index (κ2) is 8.67. The molecule has 4 heteroatoms. The second-order valence-electron chi connectivity index (χ2n) is 3.93. The number of nitrogens with two attached hydrogens (primary N) is 1. The molecule has 1 rings (SSSR count). The van der Waals surface area contributed by atoms with Crippen molar-refractivity contribution in [1.29, 1.82) is 0 Å². The molecule has 0 spiro atoms. The Morgan fingerprint density at radius 3 is 2.17 bits per heavy atom. The molecule has 4 nitrogen and oxygen atoms in total. The van der Waals surface area contributed by atoms with Crippen LogP contribution in [0.2, 0.25) is 0 Å². The molecule has 0 unspecified atom stereocenters. The van der Waals surface area contributed by atoms with Gasteiger partial charge in [0.1, 0.15) is 0 Å². The molecule has 4 N–H and O–H groups in total. The fraction of sp³-hybridized carbons (Fsp3) is 0.429. The third-order valence-electron chi connectivity index (χ3n) is 2.53. The van der Waals surface area contributed by atoms with Gasteiger partial charge in [0.25, 0.3) is 0 Å². The van der Waals surface area contributed by atoms with E-state index in [9.17, 15) is 0 Å². The van der Waals surface area contributed by atoms with E-state index in [1.807, 2.05) is 29.2 Å². The maximum atomic E-state index is 8.93. The van der Waals surface area contributed by atoms with Crippen LogP contribution in [0.25, 0.3) is 0 Å². The lowest BCUT2D eigenvalue weighted by molar-refractivity contribution is 0.156. The van der Waals surface area contributed by atoms with E-state index in [0.29, 0.717) is 26.2 Å². The highest BCUT2D eigenvalue weighted by molar-refractivity contribution is 5.36. The van der Waals surface area contributed by atoms with Gasteiger partial charge in [-0.3, -0.25) is 4.90 Å². The van der Waals surface area contributed by atoms with Crippen molar-refractivity contribution in [2.24, 2.45) is 5.73 Å². The first-order chi connectivity index (χ1) is 8.80. The Morgan fingerprint density at radius 2 is 1.67 bits per heavy atom. The fourth-order valence-electron chi connectivity index (χ4n) is 1.66. The van der Waals surface area contributed by atoms with Crippen LogP contribution in [0.15, 0.2) is 24.3 Å². The predicted molar refractivity (Wildman–Crippen MR) is 71.8 cm³/mol. The normalized spacial score (nSPS) is 10.2. The number of nitrogens with zero attached hydrogens (tertiary/aromatic N) is 1. The number of benzene rings is 1. The third-order valence-corrected chi connectivity index (χ3v) is 2.53. The van der Waals surface area contributed by atoms with E-state index >= 15 is 0 Å². The van der Waals surface area contributed by atoms with Gasteiger partial charge in [-0.05, 0) is 17.7 Å². The lowest BCUT2D eigenvalue weighted by Crippen LogP contribution is -2.29. The molecule has 0 bridgehead atoms. The number of rotatable bonds is 6. The molecule has 0 fully saturated rings. The van der Waals surface area contributed by atoms with Gasteiger partial charge in [0, 0.05) is 25.2 Å².